The molecular formula is C19H29N3O2. The molecule has 5 heteroatoms. The van der Waals surface area contributed by atoms with Gasteiger partial charge in [0.15, 0.2) is 0 Å². The first-order chi connectivity index (χ1) is 11.6. The van der Waals surface area contributed by atoms with Crippen molar-refractivity contribution in [3.63, 3.8) is 0 Å². The molecule has 24 heavy (non-hydrogen) atoms. The second-order valence-electron chi connectivity index (χ2n) is 7.24. The summed E-state index contributed by atoms with van der Waals surface area (Å²) in [5.74, 6) is 0.755. The number of hydrogen-bond acceptors (Lipinski definition) is 4. The van der Waals surface area contributed by atoms with E-state index in [2.05, 4.69) is 9.80 Å². The maximum Gasteiger partial charge on any atom is 0.253 e. The van der Waals surface area contributed by atoms with Crippen LogP contribution in [0.1, 0.15) is 23.2 Å². The minimum atomic E-state index is 0.171. The zero-order valence-corrected chi connectivity index (χ0v) is 15.1. The van der Waals surface area contributed by atoms with E-state index < -0.39 is 0 Å². The Morgan fingerprint density at radius 1 is 1.25 bits per heavy atom. The number of amides is 1. The van der Waals surface area contributed by atoms with E-state index in [0.717, 1.165) is 44.0 Å². The summed E-state index contributed by atoms with van der Waals surface area (Å²) < 4.78 is 5.25. The Bertz CT molecular complexity index is 575. The van der Waals surface area contributed by atoms with Gasteiger partial charge in [-0.05, 0) is 37.0 Å². The summed E-state index contributed by atoms with van der Waals surface area (Å²) in [6, 6.07) is 8.41. The minimum absolute atomic E-state index is 0.171. The zero-order chi connectivity index (χ0) is 17.1. The van der Waals surface area contributed by atoms with Crippen LogP contribution < -0.4 is 4.90 Å². The molecule has 3 aliphatic rings. The summed E-state index contributed by atoms with van der Waals surface area (Å²) in [5.41, 5.74) is 1.87. The SMILES string of the molecule is COCCN1C[C@H]2CC[C@@H]1CN(C(=O)c1cccc(N(C)C)c1)C2. The molecule has 0 aliphatic carbocycles. The quantitative estimate of drug-likeness (QED) is 0.826. The van der Waals surface area contributed by atoms with Gasteiger partial charge in [0.25, 0.3) is 5.91 Å². The van der Waals surface area contributed by atoms with Gasteiger partial charge in [-0.2, -0.15) is 0 Å². The summed E-state index contributed by atoms with van der Waals surface area (Å²) in [5, 5.41) is 0. The van der Waals surface area contributed by atoms with Crippen LogP contribution in [0, 0.1) is 5.92 Å². The summed E-state index contributed by atoms with van der Waals surface area (Å²) >= 11 is 0. The Morgan fingerprint density at radius 3 is 2.83 bits per heavy atom. The van der Waals surface area contributed by atoms with Crippen molar-refractivity contribution in [3.05, 3.63) is 29.8 Å². The Hall–Kier alpha value is -1.59. The fourth-order valence-electron chi connectivity index (χ4n) is 3.93. The highest BCUT2D eigenvalue weighted by Gasteiger charge is 2.36. The van der Waals surface area contributed by atoms with Crippen molar-refractivity contribution in [1.29, 1.82) is 0 Å². The average Bonchev–Trinajstić information content (AvgIpc) is 2.91. The molecule has 0 saturated carbocycles. The molecule has 4 rings (SSSR count). The lowest BCUT2D eigenvalue weighted by Crippen LogP contribution is -2.45. The molecule has 3 aliphatic heterocycles. The number of rotatable bonds is 5. The number of fused-ring (bicyclic) bond motifs is 4. The Morgan fingerprint density at radius 2 is 2.08 bits per heavy atom. The molecule has 5 nitrogen and oxygen atoms in total. The number of ether oxygens (including phenoxy) is 1. The van der Waals surface area contributed by atoms with Gasteiger partial charge >= 0.3 is 0 Å². The van der Waals surface area contributed by atoms with E-state index in [1.165, 1.54) is 12.8 Å². The predicted molar refractivity (Wildman–Crippen MR) is 96.6 cm³/mol. The van der Waals surface area contributed by atoms with Gasteiger partial charge in [0.05, 0.1) is 6.61 Å². The van der Waals surface area contributed by atoms with Crippen molar-refractivity contribution < 1.29 is 9.53 Å². The van der Waals surface area contributed by atoms with E-state index in [1.54, 1.807) is 7.11 Å². The summed E-state index contributed by atoms with van der Waals surface area (Å²) in [4.78, 5) is 19.7. The predicted octanol–water partition coefficient (Wildman–Crippen LogP) is 1.94. The maximum atomic E-state index is 13.0. The first kappa shape index (κ1) is 17.2. The monoisotopic (exact) mass is 331 g/mol. The van der Waals surface area contributed by atoms with Crippen LogP contribution in [-0.4, -0.2) is 75.7 Å². The van der Waals surface area contributed by atoms with Crippen LogP contribution in [0.2, 0.25) is 0 Å². The van der Waals surface area contributed by atoms with E-state index >= 15 is 0 Å². The van der Waals surface area contributed by atoms with Gasteiger partial charge in [0.2, 0.25) is 0 Å². The van der Waals surface area contributed by atoms with Crippen molar-refractivity contribution in [2.24, 2.45) is 5.92 Å². The molecule has 0 radical (unpaired) electrons. The van der Waals surface area contributed by atoms with E-state index in [-0.39, 0.29) is 5.91 Å². The number of hydrogen-bond donors (Lipinski definition) is 0. The lowest BCUT2D eigenvalue weighted by molar-refractivity contribution is 0.0718. The van der Waals surface area contributed by atoms with Crippen LogP contribution in [0.5, 0.6) is 0 Å². The summed E-state index contributed by atoms with van der Waals surface area (Å²) in [7, 11) is 5.76. The fraction of sp³-hybridized carbons (Fsp3) is 0.632. The normalized spacial score (nSPS) is 24.0. The molecule has 1 amide bonds. The number of carbonyl (C=O) groups excluding carboxylic acids is 1. The molecule has 3 saturated heterocycles. The number of piperidine rings is 1. The molecular weight excluding hydrogens is 302 g/mol. The molecule has 132 valence electrons. The molecule has 1 aromatic carbocycles. The van der Waals surface area contributed by atoms with E-state index in [4.69, 9.17) is 4.74 Å². The van der Waals surface area contributed by atoms with Crippen molar-refractivity contribution in [2.45, 2.75) is 18.9 Å². The lowest BCUT2D eigenvalue weighted by Gasteiger charge is -2.35. The smallest absolute Gasteiger partial charge is 0.253 e. The zero-order valence-electron chi connectivity index (χ0n) is 15.1. The number of benzene rings is 1. The third-order valence-corrected chi connectivity index (χ3v) is 5.31. The molecule has 0 N–H and O–H groups in total. The third-order valence-electron chi connectivity index (χ3n) is 5.31. The van der Waals surface area contributed by atoms with Crippen molar-refractivity contribution in [2.75, 3.05) is 58.9 Å². The fourth-order valence-corrected chi connectivity index (χ4v) is 3.93. The number of methoxy groups -OCH3 is 1. The van der Waals surface area contributed by atoms with Crippen LogP contribution in [-0.2, 0) is 4.74 Å². The van der Waals surface area contributed by atoms with Gasteiger partial charge < -0.3 is 14.5 Å². The maximum absolute atomic E-state index is 13.0. The molecule has 0 aromatic heterocycles. The number of carbonyl (C=O) groups is 1. The number of nitrogens with zero attached hydrogens (tertiary/aromatic N) is 3. The van der Waals surface area contributed by atoms with Gasteiger partial charge in [-0.1, -0.05) is 6.07 Å². The highest BCUT2D eigenvalue weighted by molar-refractivity contribution is 5.95. The van der Waals surface area contributed by atoms with Gasteiger partial charge in [0, 0.05) is 64.7 Å². The largest absolute Gasteiger partial charge is 0.383 e. The van der Waals surface area contributed by atoms with Crippen LogP contribution in [0.3, 0.4) is 0 Å². The minimum Gasteiger partial charge on any atom is -0.383 e. The number of anilines is 1. The topological polar surface area (TPSA) is 36.0 Å². The molecule has 1 aromatic rings. The van der Waals surface area contributed by atoms with Crippen molar-refractivity contribution in [3.8, 4) is 0 Å². The Kier molecular flexibility index (Phi) is 5.41. The van der Waals surface area contributed by atoms with Crippen LogP contribution >= 0.6 is 0 Å². The lowest BCUT2D eigenvalue weighted by atomic mass is 9.95. The highest BCUT2D eigenvalue weighted by Crippen LogP contribution is 2.29. The molecule has 0 unspecified atom stereocenters. The van der Waals surface area contributed by atoms with Crippen LogP contribution in [0.4, 0.5) is 5.69 Å². The van der Waals surface area contributed by atoms with Crippen LogP contribution in [0.25, 0.3) is 0 Å². The average molecular weight is 331 g/mol. The molecule has 0 spiro atoms. The van der Waals surface area contributed by atoms with Gasteiger partial charge in [-0.3, -0.25) is 9.69 Å². The molecule has 3 heterocycles. The summed E-state index contributed by atoms with van der Waals surface area (Å²) in [6.45, 7) is 4.55. The van der Waals surface area contributed by atoms with Crippen LogP contribution in [0.15, 0.2) is 24.3 Å². The molecule has 2 atom stereocenters. The first-order valence-electron chi connectivity index (χ1n) is 8.88. The highest BCUT2D eigenvalue weighted by atomic mass is 16.5. The van der Waals surface area contributed by atoms with E-state index in [9.17, 15) is 4.79 Å². The van der Waals surface area contributed by atoms with Gasteiger partial charge in [-0.15, -0.1) is 0 Å². The van der Waals surface area contributed by atoms with E-state index in [1.807, 2.05) is 43.3 Å². The van der Waals surface area contributed by atoms with Crippen molar-refractivity contribution >= 4 is 11.6 Å². The second kappa shape index (κ2) is 7.53. The third kappa shape index (κ3) is 3.73. The molecule has 2 bridgehead atoms. The Balaban J connectivity index is 1.73. The van der Waals surface area contributed by atoms with Crippen molar-refractivity contribution in [1.82, 2.24) is 9.80 Å². The van der Waals surface area contributed by atoms with Gasteiger partial charge in [0.1, 0.15) is 0 Å². The Labute approximate surface area is 145 Å². The van der Waals surface area contributed by atoms with Gasteiger partial charge in [-0.25, -0.2) is 0 Å². The standard InChI is InChI=1S/C19H29N3O2/c1-20(2)17-6-4-5-16(11-17)19(23)22-13-15-7-8-18(14-22)21(12-15)9-10-24-3/h4-6,11,15,18H,7-10,12-14H2,1-3H3/t15-,18-/m1/s1. The van der Waals surface area contributed by atoms with E-state index in [0.29, 0.717) is 12.0 Å². The second-order valence-corrected chi connectivity index (χ2v) is 7.24. The molecule has 3 fully saturated rings. The first-order valence-corrected chi connectivity index (χ1v) is 8.88. The summed E-state index contributed by atoms with van der Waals surface area (Å²) in [6.07, 6.45) is 2.42.